The monoisotopic (exact) mass is 304 g/mol. The van der Waals surface area contributed by atoms with E-state index in [1.165, 1.54) is 12.1 Å². The number of ether oxygens (including phenoxy) is 1. The van der Waals surface area contributed by atoms with Crippen LogP contribution in [0.1, 0.15) is 17.5 Å². The molecule has 2 rings (SSSR count). The van der Waals surface area contributed by atoms with Gasteiger partial charge in [-0.25, -0.2) is 4.39 Å². The molecule has 0 atom stereocenters. The lowest BCUT2D eigenvalue weighted by molar-refractivity contribution is 0.304. The molecule has 0 aliphatic rings. The van der Waals surface area contributed by atoms with E-state index in [9.17, 15) is 9.50 Å². The minimum atomic E-state index is -0.366. The van der Waals surface area contributed by atoms with Crippen molar-refractivity contribution in [1.29, 1.82) is 0 Å². The predicted molar refractivity (Wildman–Crippen MR) is 81.1 cm³/mol. The fourth-order valence-corrected chi connectivity index (χ4v) is 1.83. The Morgan fingerprint density at radius 1 is 1.19 bits per heavy atom. The average Bonchev–Trinajstić information content (AvgIpc) is 2.47. The molecule has 1 N–H and O–H groups in total. The Kier molecular flexibility index (Phi) is 5.48. The molecule has 0 fully saturated rings. The van der Waals surface area contributed by atoms with E-state index in [1.54, 1.807) is 24.3 Å². The van der Waals surface area contributed by atoms with E-state index in [0.29, 0.717) is 23.6 Å². The summed E-state index contributed by atoms with van der Waals surface area (Å²) in [6.07, 6.45) is 0.532. The van der Waals surface area contributed by atoms with Crippen molar-refractivity contribution in [3.63, 3.8) is 0 Å². The van der Waals surface area contributed by atoms with Gasteiger partial charge >= 0.3 is 0 Å². The molecule has 0 heterocycles. The van der Waals surface area contributed by atoms with E-state index in [2.05, 4.69) is 11.8 Å². The molecule has 4 heteroatoms. The highest BCUT2D eigenvalue weighted by Gasteiger charge is 2.04. The normalized spacial score (nSPS) is 9.81. The van der Waals surface area contributed by atoms with Gasteiger partial charge < -0.3 is 9.84 Å². The number of phenolic OH excluding ortho intramolecular Hbond substituents is 1. The molecule has 0 aliphatic carbocycles. The summed E-state index contributed by atoms with van der Waals surface area (Å²) in [6.45, 7) is 0.268. The highest BCUT2D eigenvalue weighted by atomic mass is 35.5. The van der Waals surface area contributed by atoms with Crippen molar-refractivity contribution < 1.29 is 14.2 Å². The van der Waals surface area contributed by atoms with Crippen LogP contribution in [0.25, 0.3) is 0 Å². The summed E-state index contributed by atoms with van der Waals surface area (Å²) in [5, 5.41) is 9.40. The van der Waals surface area contributed by atoms with E-state index < -0.39 is 0 Å². The van der Waals surface area contributed by atoms with Gasteiger partial charge in [-0.05, 0) is 35.9 Å². The SMILES string of the molecule is Oc1cccc(COc2ccc(F)cc2C#CCCCl)c1. The number of alkyl halides is 1. The van der Waals surface area contributed by atoms with Crippen molar-refractivity contribution in [2.75, 3.05) is 5.88 Å². The Labute approximate surface area is 128 Å². The molecule has 0 aliphatic heterocycles. The maximum Gasteiger partial charge on any atom is 0.135 e. The van der Waals surface area contributed by atoms with Crippen molar-refractivity contribution in [3.05, 3.63) is 59.4 Å². The summed E-state index contributed by atoms with van der Waals surface area (Å²) in [5.74, 6) is 6.46. The van der Waals surface area contributed by atoms with Crippen LogP contribution < -0.4 is 4.74 Å². The zero-order valence-corrected chi connectivity index (χ0v) is 12.0. The fourth-order valence-electron chi connectivity index (χ4n) is 1.74. The van der Waals surface area contributed by atoms with E-state index in [-0.39, 0.29) is 18.2 Å². The molecular formula is C17H14ClFO2. The number of halogens is 2. The smallest absolute Gasteiger partial charge is 0.135 e. The molecule has 0 amide bonds. The second-order valence-corrected chi connectivity index (χ2v) is 4.72. The number of rotatable bonds is 4. The third kappa shape index (κ3) is 4.70. The second-order valence-electron chi connectivity index (χ2n) is 4.34. The van der Waals surface area contributed by atoms with Gasteiger partial charge in [-0.15, -0.1) is 11.6 Å². The summed E-state index contributed by atoms with van der Waals surface area (Å²) in [4.78, 5) is 0. The number of phenols is 1. The summed E-state index contributed by atoms with van der Waals surface area (Å²) in [7, 11) is 0. The highest BCUT2D eigenvalue weighted by molar-refractivity contribution is 6.18. The Morgan fingerprint density at radius 2 is 2.05 bits per heavy atom. The van der Waals surface area contributed by atoms with Gasteiger partial charge in [-0.1, -0.05) is 24.0 Å². The van der Waals surface area contributed by atoms with Gasteiger partial charge in [0.2, 0.25) is 0 Å². The quantitative estimate of drug-likeness (QED) is 0.681. The molecule has 0 radical (unpaired) electrons. The highest BCUT2D eigenvalue weighted by Crippen LogP contribution is 2.21. The molecule has 2 aromatic carbocycles. The number of benzene rings is 2. The molecule has 0 bridgehead atoms. The lowest BCUT2D eigenvalue weighted by Gasteiger charge is -2.09. The molecule has 0 saturated carbocycles. The van der Waals surface area contributed by atoms with Crippen LogP contribution in [-0.4, -0.2) is 11.0 Å². The molecular weight excluding hydrogens is 291 g/mol. The van der Waals surface area contributed by atoms with E-state index in [1.807, 2.05) is 6.07 Å². The fraction of sp³-hybridized carbons (Fsp3) is 0.176. The van der Waals surface area contributed by atoms with Gasteiger partial charge in [0.25, 0.3) is 0 Å². The van der Waals surface area contributed by atoms with Gasteiger partial charge in [-0.3, -0.25) is 0 Å². The topological polar surface area (TPSA) is 29.5 Å². The van der Waals surface area contributed by atoms with Crippen LogP contribution >= 0.6 is 11.6 Å². The Morgan fingerprint density at radius 3 is 2.81 bits per heavy atom. The summed E-state index contributed by atoms with van der Waals surface area (Å²) in [6, 6.07) is 11.0. The van der Waals surface area contributed by atoms with Crippen molar-refractivity contribution in [3.8, 4) is 23.3 Å². The molecule has 21 heavy (non-hydrogen) atoms. The van der Waals surface area contributed by atoms with Crippen molar-refractivity contribution in [2.45, 2.75) is 13.0 Å². The van der Waals surface area contributed by atoms with Gasteiger partial charge in [-0.2, -0.15) is 0 Å². The third-order valence-corrected chi connectivity index (χ3v) is 2.88. The first-order valence-corrected chi connectivity index (χ1v) is 6.97. The summed E-state index contributed by atoms with van der Waals surface area (Å²) < 4.78 is 18.9. The van der Waals surface area contributed by atoms with Crippen LogP contribution in [-0.2, 0) is 6.61 Å². The minimum Gasteiger partial charge on any atom is -0.508 e. The van der Waals surface area contributed by atoms with Gasteiger partial charge in [0.15, 0.2) is 0 Å². The van der Waals surface area contributed by atoms with Crippen LogP contribution in [0, 0.1) is 17.7 Å². The maximum atomic E-state index is 13.3. The zero-order chi connectivity index (χ0) is 15.1. The zero-order valence-electron chi connectivity index (χ0n) is 11.3. The first kappa shape index (κ1) is 15.2. The summed E-state index contributed by atoms with van der Waals surface area (Å²) in [5.41, 5.74) is 1.30. The predicted octanol–water partition coefficient (Wildman–Crippen LogP) is 4.09. The number of hydrogen-bond acceptors (Lipinski definition) is 2. The molecule has 0 aromatic heterocycles. The van der Waals surface area contributed by atoms with Gasteiger partial charge in [0, 0.05) is 12.3 Å². The standard InChI is InChI=1S/C17H14ClFO2/c18-9-2-1-5-14-11-15(19)7-8-17(14)21-12-13-4-3-6-16(20)10-13/h3-4,6-8,10-11,20H,2,9,12H2. The van der Waals surface area contributed by atoms with Crippen LogP contribution in [0.4, 0.5) is 4.39 Å². The molecule has 0 unspecified atom stereocenters. The molecule has 2 nitrogen and oxygen atoms in total. The van der Waals surface area contributed by atoms with E-state index in [0.717, 1.165) is 5.56 Å². The maximum absolute atomic E-state index is 13.3. The number of hydrogen-bond donors (Lipinski definition) is 1. The molecule has 0 spiro atoms. The Hall–Kier alpha value is -2.18. The van der Waals surface area contributed by atoms with Gasteiger partial charge in [0.1, 0.15) is 23.9 Å². The lowest BCUT2D eigenvalue weighted by Crippen LogP contribution is -1.97. The van der Waals surface area contributed by atoms with E-state index in [4.69, 9.17) is 16.3 Å². The molecule has 108 valence electrons. The van der Waals surface area contributed by atoms with Crippen LogP contribution in [0.2, 0.25) is 0 Å². The van der Waals surface area contributed by atoms with Crippen molar-refractivity contribution in [2.24, 2.45) is 0 Å². The Bertz CT molecular complexity index is 674. The third-order valence-electron chi connectivity index (χ3n) is 2.69. The van der Waals surface area contributed by atoms with Crippen molar-refractivity contribution in [1.82, 2.24) is 0 Å². The molecule has 0 saturated heterocycles. The molecule has 2 aromatic rings. The minimum absolute atomic E-state index is 0.178. The first-order chi connectivity index (χ1) is 10.2. The van der Waals surface area contributed by atoms with Crippen LogP contribution in [0.5, 0.6) is 11.5 Å². The Balaban J connectivity index is 2.14. The largest absolute Gasteiger partial charge is 0.508 e. The average molecular weight is 305 g/mol. The first-order valence-electron chi connectivity index (χ1n) is 6.44. The van der Waals surface area contributed by atoms with Gasteiger partial charge in [0.05, 0.1) is 5.56 Å². The second kappa shape index (κ2) is 7.56. The number of aromatic hydroxyl groups is 1. The lowest BCUT2D eigenvalue weighted by atomic mass is 10.2. The van der Waals surface area contributed by atoms with Crippen LogP contribution in [0.15, 0.2) is 42.5 Å². The van der Waals surface area contributed by atoms with Crippen LogP contribution in [0.3, 0.4) is 0 Å². The van der Waals surface area contributed by atoms with Crippen molar-refractivity contribution >= 4 is 11.6 Å². The van der Waals surface area contributed by atoms with E-state index >= 15 is 0 Å². The summed E-state index contributed by atoms with van der Waals surface area (Å²) >= 11 is 5.56.